The molecule has 2 aliphatic carbocycles. The van der Waals surface area contributed by atoms with Gasteiger partial charge in [-0.25, -0.2) is 0 Å². The Bertz CT molecular complexity index is 861. The van der Waals surface area contributed by atoms with Crippen molar-refractivity contribution in [1.29, 1.82) is 0 Å². The zero-order chi connectivity index (χ0) is 22.3. The minimum Gasteiger partial charge on any atom is -0.326 e. The summed E-state index contributed by atoms with van der Waals surface area (Å²) in [6, 6.07) is 5.87. The zero-order valence-electron chi connectivity index (χ0n) is 17.5. The molecule has 0 unspecified atom stereocenters. The average molecular weight is 619 g/mol. The summed E-state index contributed by atoms with van der Waals surface area (Å²) in [5.74, 6) is 0.286. The third-order valence-corrected chi connectivity index (χ3v) is 10.8. The molecule has 8 heteroatoms. The number of anilines is 1. The molecule has 1 N–H and O–H groups in total. The second kappa shape index (κ2) is 9.64. The third kappa shape index (κ3) is 4.41. The Morgan fingerprint density at radius 2 is 1.71 bits per heavy atom. The van der Waals surface area contributed by atoms with Crippen LogP contribution in [0.15, 0.2) is 22.7 Å². The van der Waals surface area contributed by atoms with Crippen molar-refractivity contribution < 1.29 is 14.4 Å². The van der Waals surface area contributed by atoms with Crippen molar-refractivity contribution >= 4 is 71.2 Å². The molecule has 1 aliphatic heterocycles. The van der Waals surface area contributed by atoms with Crippen LogP contribution in [0.5, 0.6) is 0 Å². The number of halogens is 3. The van der Waals surface area contributed by atoms with Gasteiger partial charge in [-0.3, -0.25) is 19.3 Å². The van der Waals surface area contributed by atoms with Crippen LogP contribution in [-0.4, -0.2) is 38.8 Å². The molecule has 1 saturated heterocycles. The van der Waals surface area contributed by atoms with Gasteiger partial charge in [-0.1, -0.05) is 61.1 Å². The molecule has 31 heavy (non-hydrogen) atoms. The Morgan fingerprint density at radius 3 is 2.32 bits per heavy atom. The maximum Gasteiger partial charge on any atom is 0.233 e. The number of imide groups is 1. The van der Waals surface area contributed by atoms with E-state index in [0.717, 1.165) is 47.8 Å². The predicted octanol–water partition coefficient (Wildman–Crippen LogP) is 5.29. The lowest BCUT2D eigenvalue weighted by Crippen LogP contribution is -2.37. The van der Waals surface area contributed by atoms with Gasteiger partial charge in [0.05, 0.1) is 11.8 Å². The lowest BCUT2D eigenvalue weighted by atomic mass is 9.81. The summed E-state index contributed by atoms with van der Waals surface area (Å²) in [7, 11) is 0. The molecule has 3 aliphatic rings. The molecule has 168 valence electrons. The van der Waals surface area contributed by atoms with Gasteiger partial charge in [0.1, 0.15) is 0 Å². The van der Waals surface area contributed by atoms with Crippen molar-refractivity contribution in [1.82, 2.24) is 4.90 Å². The van der Waals surface area contributed by atoms with Crippen molar-refractivity contribution in [2.75, 3.05) is 11.9 Å². The normalized spacial score (nSPS) is 31.4. The van der Waals surface area contributed by atoms with E-state index in [2.05, 4.69) is 60.0 Å². The number of amides is 3. The number of unbranched alkanes of at least 4 members (excludes halogenated alkanes) is 2. The maximum absolute atomic E-state index is 12.9. The Hall–Kier alpha value is -0.730. The van der Waals surface area contributed by atoms with E-state index in [1.54, 1.807) is 0 Å². The standard InChI is InChI=1S/C23H27Br3N2O3/c1-2-12-10-13(24)7-8-16(12)27-17(29)6-4-3-5-9-28-22(30)18-14-11-15(19(18)23(28)31)21(26)20(14)25/h7-8,10,14-15,18-21H,2-6,9,11H2,1H3,(H,27,29)/t14-,15-,18+,19+,20-,21-/m1/s1. The number of aryl methyl sites for hydroxylation is 1. The highest BCUT2D eigenvalue weighted by Gasteiger charge is 2.66. The maximum atomic E-state index is 12.9. The highest BCUT2D eigenvalue weighted by Crippen LogP contribution is 2.60. The van der Waals surface area contributed by atoms with Crippen LogP contribution in [-0.2, 0) is 20.8 Å². The first-order valence-corrected chi connectivity index (χ1v) is 13.7. The second-order valence-corrected chi connectivity index (χ2v) is 11.9. The topological polar surface area (TPSA) is 66.5 Å². The van der Waals surface area contributed by atoms with E-state index < -0.39 is 0 Å². The van der Waals surface area contributed by atoms with Gasteiger partial charge in [0.15, 0.2) is 0 Å². The van der Waals surface area contributed by atoms with Gasteiger partial charge in [-0.2, -0.15) is 0 Å². The van der Waals surface area contributed by atoms with E-state index in [4.69, 9.17) is 0 Å². The number of alkyl halides is 2. The van der Waals surface area contributed by atoms with Crippen molar-refractivity contribution in [2.45, 2.75) is 55.1 Å². The molecule has 5 nitrogen and oxygen atoms in total. The molecule has 2 saturated carbocycles. The van der Waals surface area contributed by atoms with Crippen LogP contribution >= 0.6 is 47.8 Å². The minimum absolute atomic E-state index is 0.00294. The van der Waals surface area contributed by atoms with E-state index in [1.165, 1.54) is 4.90 Å². The van der Waals surface area contributed by atoms with Crippen LogP contribution in [0.4, 0.5) is 5.69 Å². The SMILES string of the molecule is CCc1cc(Br)ccc1NC(=O)CCCCCN1C(=O)[C@H]2[C@H]3C[C@@H]([C@@H](Br)[C@@H]3Br)[C@@H]2C1=O. The fourth-order valence-electron chi connectivity index (χ4n) is 5.55. The van der Waals surface area contributed by atoms with E-state index in [9.17, 15) is 14.4 Å². The molecule has 0 spiro atoms. The van der Waals surface area contributed by atoms with Crippen LogP contribution in [0, 0.1) is 23.7 Å². The largest absolute Gasteiger partial charge is 0.326 e. The highest BCUT2D eigenvalue weighted by atomic mass is 79.9. The van der Waals surface area contributed by atoms with Crippen LogP contribution in [0.1, 0.15) is 44.6 Å². The van der Waals surface area contributed by atoms with Gasteiger partial charge >= 0.3 is 0 Å². The van der Waals surface area contributed by atoms with Crippen molar-refractivity contribution in [3.8, 4) is 0 Å². The monoisotopic (exact) mass is 616 g/mol. The number of likely N-dealkylation sites (tertiary alicyclic amines) is 1. The molecule has 2 bridgehead atoms. The Morgan fingerprint density at radius 1 is 1.06 bits per heavy atom. The summed E-state index contributed by atoms with van der Waals surface area (Å²) in [5.41, 5.74) is 1.96. The van der Waals surface area contributed by atoms with Crippen LogP contribution in [0.3, 0.4) is 0 Å². The number of nitrogens with zero attached hydrogens (tertiary/aromatic N) is 1. The van der Waals surface area contributed by atoms with E-state index in [-0.39, 0.29) is 51.0 Å². The van der Waals surface area contributed by atoms with E-state index in [1.807, 2.05) is 18.2 Å². The third-order valence-electron chi connectivity index (χ3n) is 7.09. The van der Waals surface area contributed by atoms with E-state index >= 15 is 0 Å². The molecular formula is C23H27Br3N2O3. The fourth-order valence-corrected chi connectivity index (χ4v) is 7.83. The predicted molar refractivity (Wildman–Crippen MR) is 131 cm³/mol. The quantitative estimate of drug-likeness (QED) is 0.245. The first-order chi connectivity index (χ1) is 14.8. The molecule has 3 fully saturated rings. The highest BCUT2D eigenvalue weighted by molar-refractivity contribution is 9.12. The average Bonchev–Trinajstić information content (AvgIpc) is 3.35. The van der Waals surface area contributed by atoms with Gasteiger partial charge in [-0.05, 0) is 61.3 Å². The lowest BCUT2D eigenvalue weighted by molar-refractivity contribution is -0.140. The number of carbonyl (C=O) groups is 3. The summed E-state index contributed by atoms with van der Waals surface area (Å²) < 4.78 is 1.00. The van der Waals surface area contributed by atoms with Crippen molar-refractivity contribution in [3.63, 3.8) is 0 Å². The molecule has 3 amide bonds. The fraction of sp³-hybridized carbons (Fsp3) is 0.609. The minimum atomic E-state index is -0.139. The summed E-state index contributed by atoms with van der Waals surface area (Å²) in [5, 5.41) is 3.00. The number of carbonyl (C=O) groups excluding carboxylic acids is 3. The summed E-state index contributed by atoms with van der Waals surface area (Å²) >= 11 is 10.9. The van der Waals surface area contributed by atoms with Gasteiger partial charge in [0.2, 0.25) is 17.7 Å². The first kappa shape index (κ1) is 23.4. The number of hydrogen-bond acceptors (Lipinski definition) is 3. The van der Waals surface area contributed by atoms with E-state index in [0.29, 0.717) is 13.0 Å². The number of benzene rings is 1. The van der Waals surface area contributed by atoms with Crippen LogP contribution < -0.4 is 5.32 Å². The van der Waals surface area contributed by atoms with Gasteiger partial charge < -0.3 is 5.32 Å². The van der Waals surface area contributed by atoms with Gasteiger partial charge in [-0.15, -0.1) is 0 Å². The van der Waals surface area contributed by atoms with Gasteiger partial charge in [0.25, 0.3) is 0 Å². The molecular weight excluding hydrogens is 592 g/mol. The van der Waals surface area contributed by atoms with Crippen LogP contribution in [0.2, 0.25) is 0 Å². The Labute approximate surface area is 208 Å². The summed E-state index contributed by atoms with van der Waals surface area (Å²) in [6.45, 7) is 2.53. The summed E-state index contributed by atoms with van der Waals surface area (Å²) in [6.07, 6.45) is 4.55. The lowest BCUT2D eigenvalue weighted by Gasteiger charge is -2.28. The Kier molecular flexibility index (Phi) is 7.28. The smallest absolute Gasteiger partial charge is 0.233 e. The number of nitrogens with one attached hydrogen (secondary N) is 1. The zero-order valence-corrected chi connectivity index (χ0v) is 22.2. The number of rotatable bonds is 8. The Balaban J connectivity index is 1.22. The summed E-state index contributed by atoms with van der Waals surface area (Å²) in [4.78, 5) is 40.1. The molecule has 0 radical (unpaired) electrons. The molecule has 1 aromatic rings. The number of hydrogen-bond donors (Lipinski definition) is 1. The molecule has 6 atom stereocenters. The van der Waals surface area contributed by atoms with Crippen molar-refractivity contribution in [3.05, 3.63) is 28.2 Å². The molecule has 1 heterocycles. The second-order valence-electron chi connectivity index (χ2n) is 8.85. The molecule has 1 aromatic carbocycles. The number of fused-ring (bicyclic) bond motifs is 5. The first-order valence-electron chi connectivity index (χ1n) is 11.0. The van der Waals surface area contributed by atoms with Gasteiger partial charge in [0, 0.05) is 32.8 Å². The molecule has 0 aromatic heterocycles. The van der Waals surface area contributed by atoms with Crippen LogP contribution in [0.25, 0.3) is 0 Å². The molecule has 4 rings (SSSR count). The van der Waals surface area contributed by atoms with Crippen molar-refractivity contribution in [2.24, 2.45) is 23.7 Å².